The van der Waals surface area contributed by atoms with Gasteiger partial charge in [0.1, 0.15) is 11.4 Å². The maximum atomic E-state index is 13.5. The van der Waals surface area contributed by atoms with E-state index in [2.05, 4.69) is 20.6 Å². The van der Waals surface area contributed by atoms with Crippen LogP contribution in [0.25, 0.3) is 0 Å². The number of nitrogens with one attached hydrogen (secondary N) is 2. The van der Waals surface area contributed by atoms with Crippen molar-refractivity contribution >= 4 is 46.7 Å². The number of fused-ring (bicyclic) bond motifs is 1. The molecule has 2 heterocycles. The van der Waals surface area contributed by atoms with Crippen LogP contribution in [0.3, 0.4) is 0 Å². The fraction of sp³-hybridized carbons (Fsp3) is 0.190. The van der Waals surface area contributed by atoms with Crippen LogP contribution in [0.15, 0.2) is 42.6 Å². The van der Waals surface area contributed by atoms with E-state index < -0.39 is 17.8 Å². The lowest BCUT2D eigenvalue weighted by Crippen LogP contribution is -2.30. The van der Waals surface area contributed by atoms with E-state index in [9.17, 15) is 18.0 Å². The quantitative estimate of drug-likeness (QED) is 0.430. The van der Waals surface area contributed by atoms with Crippen molar-refractivity contribution in [2.24, 2.45) is 5.73 Å². The maximum Gasteiger partial charge on any atom is 0.421 e. The molecule has 0 fully saturated rings. The summed E-state index contributed by atoms with van der Waals surface area (Å²) in [5.74, 6) is -0.422. The molecule has 7 nitrogen and oxygen atoms in total. The highest BCUT2D eigenvalue weighted by atomic mass is 35.5. The summed E-state index contributed by atoms with van der Waals surface area (Å²) in [6.07, 6.45) is -3.94. The lowest BCUT2D eigenvalue weighted by molar-refractivity contribution is -0.137. The number of primary amides is 1. The molecule has 0 radical (unpaired) electrons. The first kappa shape index (κ1) is 22.9. The van der Waals surface area contributed by atoms with E-state index in [0.29, 0.717) is 30.0 Å². The van der Waals surface area contributed by atoms with Gasteiger partial charge in [0.05, 0.1) is 10.0 Å². The van der Waals surface area contributed by atoms with Crippen LogP contribution >= 0.6 is 23.2 Å². The SMILES string of the molecule is NC(=O)N1Cc2ccc(CNc3nc(Nc4ccc(Cl)c(Cl)c4)ncc3C(F)(F)F)cc2C1. The highest BCUT2D eigenvalue weighted by Gasteiger charge is 2.35. The van der Waals surface area contributed by atoms with Gasteiger partial charge in [-0.05, 0) is 34.9 Å². The summed E-state index contributed by atoms with van der Waals surface area (Å²) in [7, 11) is 0. The molecular weight excluding hydrogens is 480 g/mol. The number of hydrogen-bond donors (Lipinski definition) is 3. The van der Waals surface area contributed by atoms with E-state index in [1.807, 2.05) is 12.1 Å². The van der Waals surface area contributed by atoms with Crippen molar-refractivity contribution in [2.75, 3.05) is 10.6 Å². The molecule has 0 spiro atoms. The van der Waals surface area contributed by atoms with Gasteiger partial charge in [0.15, 0.2) is 0 Å². The Morgan fingerprint density at radius 1 is 1.09 bits per heavy atom. The number of halogens is 5. The second-order valence-electron chi connectivity index (χ2n) is 7.36. The fourth-order valence-electron chi connectivity index (χ4n) is 3.39. The van der Waals surface area contributed by atoms with E-state index in [4.69, 9.17) is 28.9 Å². The molecule has 4 rings (SSSR count). The zero-order chi connectivity index (χ0) is 23.8. The predicted octanol–water partition coefficient (Wildman–Crippen LogP) is 5.55. The predicted molar refractivity (Wildman–Crippen MR) is 119 cm³/mol. The minimum atomic E-state index is -4.65. The largest absolute Gasteiger partial charge is 0.421 e. The fourth-order valence-corrected chi connectivity index (χ4v) is 3.68. The summed E-state index contributed by atoms with van der Waals surface area (Å²) < 4.78 is 40.5. The standard InChI is InChI=1S/C21H17Cl2F3N6O/c22-16-4-3-14(6-17(16)23)30-20-29-8-15(21(24,25)26)18(31-20)28-7-11-1-2-12-9-32(19(27)33)10-13(12)5-11/h1-6,8H,7,9-10H2,(H2,27,33)(H2,28,29,30,31). The van der Waals surface area contributed by atoms with Gasteiger partial charge in [-0.1, -0.05) is 41.4 Å². The number of hydrogen-bond acceptors (Lipinski definition) is 5. The molecule has 2 amide bonds. The number of nitrogens with two attached hydrogens (primary N) is 1. The number of alkyl halides is 3. The number of aromatic nitrogens is 2. The monoisotopic (exact) mass is 496 g/mol. The van der Waals surface area contributed by atoms with Crippen LogP contribution in [0.4, 0.5) is 35.4 Å². The number of amides is 2. The van der Waals surface area contributed by atoms with Gasteiger partial charge in [-0.2, -0.15) is 18.2 Å². The van der Waals surface area contributed by atoms with Crippen molar-refractivity contribution in [1.82, 2.24) is 14.9 Å². The third-order valence-electron chi connectivity index (χ3n) is 5.03. The summed E-state index contributed by atoms with van der Waals surface area (Å²) in [6, 6.07) is 9.57. The van der Waals surface area contributed by atoms with E-state index in [1.165, 1.54) is 11.0 Å². The molecule has 172 valence electrons. The topological polar surface area (TPSA) is 96.2 Å². The average Bonchev–Trinajstić information content (AvgIpc) is 3.18. The Kier molecular flexibility index (Phi) is 6.22. The summed E-state index contributed by atoms with van der Waals surface area (Å²) >= 11 is 11.9. The molecule has 0 saturated heterocycles. The summed E-state index contributed by atoms with van der Waals surface area (Å²) in [5.41, 5.74) is 7.37. The second kappa shape index (κ2) is 8.95. The van der Waals surface area contributed by atoms with E-state index in [0.717, 1.165) is 16.7 Å². The number of benzene rings is 2. The van der Waals surface area contributed by atoms with Crippen LogP contribution in [-0.4, -0.2) is 20.9 Å². The Balaban J connectivity index is 1.55. The molecule has 4 N–H and O–H groups in total. The number of rotatable bonds is 5. The number of anilines is 3. The van der Waals surface area contributed by atoms with Crippen molar-refractivity contribution in [3.8, 4) is 0 Å². The number of nitrogens with zero attached hydrogens (tertiary/aromatic N) is 3. The van der Waals surface area contributed by atoms with Gasteiger partial charge in [-0.15, -0.1) is 0 Å². The van der Waals surface area contributed by atoms with Crippen molar-refractivity contribution < 1.29 is 18.0 Å². The van der Waals surface area contributed by atoms with Crippen molar-refractivity contribution in [3.05, 3.63) is 74.9 Å². The summed E-state index contributed by atoms with van der Waals surface area (Å²) in [4.78, 5) is 20.7. The van der Waals surface area contributed by atoms with Crippen LogP contribution in [-0.2, 0) is 25.8 Å². The van der Waals surface area contributed by atoms with Gasteiger partial charge in [-0.25, -0.2) is 9.78 Å². The molecule has 0 unspecified atom stereocenters. The average molecular weight is 497 g/mol. The molecule has 0 aliphatic carbocycles. The molecule has 1 aliphatic rings. The van der Waals surface area contributed by atoms with Crippen LogP contribution in [0, 0.1) is 0 Å². The zero-order valence-corrected chi connectivity index (χ0v) is 18.4. The molecular formula is C21H17Cl2F3N6O. The second-order valence-corrected chi connectivity index (χ2v) is 8.17. The van der Waals surface area contributed by atoms with E-state index in [-0.39, 0.29) is 23.3 Å². The Hall–Kier alpha value is -3.24. The number of carbonyl (C=O) groups is 1. The van der Waals surface area contributed by atoms with Crippen molar-refractivity contribution in [3.63, 3.8) is 0 Å². The minimum absolute atomic E-state index is 0.0463. The molecule has 0 saturated carbocycles. The Bertz CT molecular complexity index is 1220. The molecule has 1 aromatic heterocycles. The van der Waals surface area contributed by atoms with Crippen LogP contribution in [0.2, 0.25) is 10.0 Å². The zero-order valence-electron chi connectivity index (χ0n) is 16.9. The first-order chi connectivity index (χ1) is 15.6. The Morgan fingerprint density at radius 3 is 2.55 bits per heavy atom. The van der Waals surface area contributed by atoms with Crippen LogP contribution in [0.1, 0.15) is 22.3 Å². The Labute approximate surface area is 196 Å². The molecule has 2 aromatic carbocycles. The van der Waals surface area contributed by atoms with Gasteiger partial charge >= 0.3 is 12.2 Å². The third-order valence-corrected chi connectivity index (χ3v) is 5.77. The molecule has 1 aliphatic heterocycles. The lowest BCUT2D eigenvalue weighted by Gasteiger charge is -2.15. The molecule has 12 heteroatoms. The Morgan fingerprint density at radius 2 is 1.85 bits per heavy atom. The summed E-state index contributed by atoms with van der Waals surface area (Å²) in [5, 5.41) is 6.18. The highest BCUT2D eigenvalue weighted by molar-refractivity contribution is 6.42. The highest BCUT2D eigenvalue weighted by Crippen LogP contribution is 2.35. The molecule has 33 heavy (non-hydrogen) atoms. The van der Waals surface area contributed by atoms with Crippen molar-refractivity contribution in [2.45, 2.75) is 25.8 Å². The first-order valence-corrected chi connectivity index (χ1v) is 10.4. The van der Waals surface area contributed by atoms with Gasteiger partial charge in [0, 0.05) is 31.5 Å². The van der Waals surface area contributed by atoms with Crippen LogP contribution < -0.4 is 16.4 Å². The molecule has 0 bridgehead atoms. The van der Waals surface area contributed by atoms with Gasteiger partial charge < -0.3 is 21.3 Å². The molecule has 0 atom stereocenters. The van der Waals surface area contributed by atoms with Gasteiger partial charge in [-0.3, -0.25) is 0 Å². The van der Waals surface area contributed by atoms with E-state index >= 15 is 0 Å². The minimum Gasteiger partial charge on any atom is -0.365 e. The van der Waals surface area contributed by atoms with Crippen molar-refractivity contribution in [1.29, 1.82) is 0 Å². The smallest absolute Gasteiger partial charge is 0.365 e. The number of urea groups is 1. The van der Waals surface area contributed by atoms with E-state index in [1.54, 1.807) is 18.2 Å². The lowest BCUT2D eigenvalue weighted by atomic mass is 10.1. The van der Waals surface area contributed by atoms with Crippen LogP contribution in [0.5, 0.6) is 0 Å². The van der Waals surface area contributed by atoms with Gasteiger partial charge in [0.2, 0.25) is 5.95 Å². The summed E-state index contributed by atoms with van der Waals surface area (Å²) in [6.45, 7) is 0.847. The normalized spacial score (nSPS) is 13.1. The number of carbonyl (C=O) groups excluding carboxylic acids is 1. The maximum absolute atomic E-state index is 13.5. The third kappa shape index (κ3) is 5.23. The first-order valence-electron chi connectivity index (χ1n) is 9.65. The molecule has 3 aromatic rings. The van der Waals surface area contributed by atoms with Gasteiger partial charge in [0.25, 0.3) is 0 Å².